The van der Waals surface area contributed by atoms with Crippen LogP contribution in [0.4, 0.5) is 27.3 Å². The Morgan fingerprint density at radius 3 is 2.62 bits per heavy atom. The van der Waals surface area contributed by atoms with Crippen molar-refractivity contribution in [1.82, 2.24) is 19.0 Å². The molecule has 50 heavy (non-hydrogen) atoms. The number of pyridine rings is 2. The molecular formula is C38H44FN7O4. The average Bonchev–Trinajstić information content (AvgIpc) is 3.49. The number of aliphatic hydroxyl groups is 1. The topological polar surface area (TPSA) is 108 Å². The first-order chi connectivity index (χ1) is 24.3. The Morgan fingerprint density at radius 2 is 1.88 bits per heavy atom. The van der Waals surface area contributed by atoms with E-state index in [1.807, 2.05) is 24.4 Å². The fourth-order valence-electron chi connectivity index (χ4n) is 8.20. The maximum Gasteiger partial charge on any atom is 0.274 e. The van der Waals surface area contributed by atoms with Crippen molar-refractivity contribution in [3.05, 3.63) is 87.5 Å². The number of hydrogen-bond acceptors (Lipinski definition) is 8. The van der Waals surface area contributed by atoms with E-state index in [0.29, 0.717) is 59.1 Å². The van der Waals surface area contributed by atoms with Gasteiger partial charge in [0.1, 0.15) is 23.0 Å². The largest absolute Gasteiger partial charge is 0.392 e. The van der Waals surface area contributed by atoms with Crippen LogP contribution in [0.5, 0.6) is 0 Å². The molecule has 1 atom stereocenters. The maximum absolute atomic E-state index is 15.4. The number of aliphatic hydroxyl groups excluding tert-OH is 1. The number of piperazine rings is 1. The number of ether oxygens (including phenoxy) is 1. The minimum absolute atomic E-state index is 0.200. The molecule has 2 saturated heterocycles. The zero-order valence-electron chi connectivity index (χ0n) is 28.7. The molecule has 0 spiro atoms. The summed E-state index contributed by atoms with van der Waals surface area (Å²) in [5.74, 6) is -0.226. The van der Waals surface area contributed by atoms with E-state index in [9.17, 15) is 14.7 Å². The fourth-order valence-corrected chi connectivity index (χ4v) is 8.20. The first-order valence-corrected chi connectivity index (χ1v) is 17.8. The Hall–Kier alpha value is -4.52. The van der Waals surface area contributed by atoms with Crippen molar-refractivity contribution in [3.63, 3.8) is 0 Å². The van der Waals surface area contributed by atoms with E-state index >= 15 is 4.39 Å². The van der Waals surface area contributed by atoms with Crippen molar-refractivity contribution in [2.24, 2.45) is 7.05 Å². The number of hydrogen-bond donors (Lipinski definition) is 2. The van der Waals surface area contributed by atoms with Gasteiger partial charge >= 0.3 is 0 Å². The Morgan fingerprint density at radius 1 is 1.04 bits per heavy atom. The first kappa shape index (κ1) is 32.7. The molecule has 8 rings (SSSR count). The third kappa shape index (κ3) is 5.78. The molecule has 6 heterocycles. The van der Waals surface area contributed by atoms with Crippen molar-refractivity contribution >= 4 is 28.8 Å². The van der Waals surface area contributed by atoms with Crippen molar-refractivity contribution in [2.45, 2.75) is 64.3 Å². The molecule has 1 aliphatic carbocycles. The van der Waals surface area contributed by atoms with Crippen LogP contribution in [-0.2, 0) is 37.8 Å². The summed E-state index contributed by atoms with van der Waals surface area (Å²) in [6.45, 7) is 7.29. The summed E-state index contributed by atoms with van der Waals surface area (Å²) < 4.78 is 24.4. The van der Waals surface area contributed by atoms with Crippen LogP contribution in [0.1, 0.15) is 53.5 Å². The number of benzene rings is 1. The average molecular weight is 682 g/mol. The number of carbonyl (C=O) groups excluding carboxylic acids is 1. The summed E-state index contributed by atoms with van der Waals surface area (Å²) >= 11 is 0. The van der Waals surface area contributed by atoms with Gasteiger partial charge in [0, 0.05) is 68.8 Å². The normalized spacial score (nSPS) is 19.7. The summed E-state index contributed by atoms with van der Waals surface area (Å²) in [5, 5.41) is 13.9. The SMILES string of the molecule is CCC1CN(C2COC2)CCN1c1ccc(Nc2cc(-c3cc(F)cc(N4CCn5c(cc6c5CCCC6)C4=O)c3CO)cn(C)c2=O)nc1. The van der Waals surface area contributed by atoms with E-state index in [2.05, 4.69) is 31.6 Å². The molecule has 1 aromatic carbocycles. The molecule has 0 saturated carbocycles. The van der Waals surface area contributed by atoms with Gasteiger partial charge in [-0.05, 0) is 79.6 Å². The predicted molar refractivity (Wildman–Crippen MR) is 191 cm³/mol. The minimum Gasteiger partial charge on any atom is -0.392 e. The molecule has 4 aromatic rings. The molecule has 2 N–H and O–H groups in total. The maximum atomic E-state index is 15.4. The second-order valence-corrected chi connectivity index (χ2v) is 14.0. The molecular weight excluding hydrogens is 637 g/mol. The first-order valence-electron chi connectivity index (χ1n) is 17.8. The van der Waals surface area contributed by atoms with E-state index in [4.69, 9.17) is 4.74 Å². The number of aryl methyl sites for hydroxylation is 2. The van der Waals surface area contributed by atoms with Crippen LogP contribution in [0, 0.1) is 5.82 Å². The van der Waals surface area contributed by atoms with Gasteiger partial charge in [-0.1, -0.05) is 6.92 Å². The highest BCUT2D eigenvalue weighted by atomic mass is 19.1. The van der Waals surface area contributed by atoms with Crippen LogP contribution in [0.2, 0.25) is 0 Å². The van der Waals surface area contributed by atoms with Crippen molar-refractivity contribution < 1.29 is 19.0 Å². The molecule has 2 fully saturated rings. The van der Waals surface area contributed by atoms with Crippen molar-refractivity contribution in [3.8, 4) is 11.1 Å². The number of halogens is 1. The van der Waals surface area contributed by atoms with E-state index in [1.54, 1.807) is 24.2 Å². The lowest BCUT2D eigenvalue weighted by Gasteiger charge is -2.47. The number of amides is 1. The van der Waals surface area contributed by atoms with Gasteiger partial charge < -0.3 is 34.1 Å². The zero-order valence-corrected chi connectivity index (χ0v) is 28.7. The summed E-state index contributed by atoms with van der Waals surface area (Å²) in [6, 6.07) is 11.1. The summed E-state index contributed by atoms with van der Waals surface area (Å²) in [5.41, 5.74) is 5.79. The Balaban J connectivity index is 1.06. The second-order valence-electron chi connectivity index (χ2n) is 14.0. The molecule has 262 valence electrons. The standard InChI is InChI=1S/C38H44FN7O4/c1-3-27-20-43(29-22-50-23-29)10-11-44(27)28-8-9-36(40-18-28)41-32-14-25(19-42(2)37(32)48)30-16-26(39)17-34(31(30)21-47)46-13-12-45-33-7-5-4-6-24(33)15-35(45)38(46)49/h8-9,14-19,27,29,47H,3-7,10-13,20-23H2,1-2H3,(H,40,41). The van der Waals surface area contributed by atoms with Crippen LogP contribution in [0.15, 0.2) is 53.6 Å². The van der Waals surface area contributed by atoms with E-state index in [0.717, 1.165) is 70.6 Å². The van der Waals surface area contributed by atoms with Crippen molar-refractivity contribution in [2.75, 3.05) is 54.5 Å². The molecule has 11 nitrogen and oxygen atoms in total. The Labute approximate surface area is 290 Å². The summed E-state index contributed by atoms with van der Waals surface area (Å²) in [4.78, 5) is 38.4. The van der Waals surface area contributed by atoms with Gasteiger partial charge in [-0.2, -0.15) is 0 Å². The number of anilines is 4. The lowest BCUT2D eigenvalue weighted by molar-refractivity contribution is -0.0698. The quantitative estimate of drug-likeness (QED) is 0.281. The van der Waals surface area contributed by atoms with Crippen LogP contribution >= 0.6 is 0 Å². The molecule has 3 aromatic heterocycles. The van der Waals surface area contributed by atoms with Gasteiger partial charge in [0.2, 0.25) is 0 Å². The third-order valence-electron chi connectivity index (χ3n) is 11.0. The molecule has 0 radical (unpaired) electrons. The summed E-state index contributed by atoms with van der Waals surface area (Å²) in [6.07, 6.45) is 8.64. The Kier molecular flexibility index (Phi) is 8.70. The smallest absolute Gasteiger partial charge is 0.274 e. The molecule has 12 heteroatoms. The number of carbonyl (C=O) groups is 1. The van der Waals surface area contributed by atoms with Gasteiger partial charge in [-0.15, -0.1) is 0 Å². The molecule has 1 amide bonds. The predicted octanol–water partition coefficient (Wildman–Crippen LogP) is 4.46. The van der Waals surface area contributed by atoms with Gasteiger partial charge in [0.05, 0.1) is 43.4 Å². The Bertz CT molecular complexity index is 1990. The lowest BCUT2D eigenvalue weighted by atomic mass is 9.97. The van der Waals surface area contributed by atoms with Gasteiger partial charge in [0.25, 0.3) is 11.5 Å². The summed E-state index contributed by atoms with van der Waals surface area (Å²) in [7, 11) is 1.64. The minimum atomic E-state index is -0.534. The lowest BCUT2D eigenvalue weighted by Crippen LogP contribution is -2.60. The number of nitrogens with zero attached hydrogens (tertiary/aromatic N) is 6. The number of rotatable bonds is 8. The molecule has 3 aliphatic heterocycles. The highest BCUT2D eigenvalue weighted by Crippen LogP contribution is 2.37. The van der Waals surface area contributed by atoms with Gasteiger partial charge in [0.15, 0.2) is 0 Å². The van der Waals surface area contributed by atoms with Gasteiger partial charge in [-0.3, -0.25) is 14.5 Å². The van der Waals surface area contributed by atoms with Crippen LogP contribution < -0.4 is 20.7 Å². The van der Waals surface area contributed by atoms with Crippen LogP contribution in [0.3, 0.4) is 0 Å². The van der Waals surface area contributed by atoms with Crippen LogP contribution in [-0.4, -0.2) is 81.5 Å². The zero-order chi connectivity index (χ0) is 34.5. The second kappa shape index (κ2) is 13.3. The van der Waals surface area contributed by atoms with Gasteiger partial charge in [-0.25, -0.2) is 9.37 Å². The highest BCUT2D eigenvalue weighted by Gasteiger charge is 2.34. The van der Waals surface area contributed by atoms with Crippen molar-refractivity contribution in [1.29, 1.82) is 0 Å². The van der Waals surface area contributed by atoms with Crippen LogP contribution in [0.25, 0.3) is 11.1 Å². The third-order valence-corrected chi connectivity index (χ3v) is 11.0. The monoisotopic (exact) mass is 681 g/mol. The highest BCUT2D eigenvalue weighted by molar-refractivity contribution is 6.07. The fraction of sp³-hybridized carbons (Fsp3) is 0.447. The molecule has 4 aliphatic rings. The van der Waals surface area contributed by atoms with E-state index < -0.39 is 12.4 Å². The number of aromatic nitrogens is 3. The molecule has 1 unspecified atom stereocenters. The van der Waals surface area contributed by atoms with E-state index in [-0.39, 0.29) is 17.2 Å². The van der Waals surface area contributed by atoms with E-state index in [1.165, 1.54) is 28.0 Å². The number of fused-ring (bicyclic) bond motifs is 3. The number of nitrogens with one attached hydrogen (secondary N) is 1. The molecule has 0 bridgehead atoms.